The monoisotopic (exact) mass is 168 g/mol. The van der Waals surface area contributed by atoms with Crippen molar-refractivity contribution in [3.05, 3.63) is 27.5 Å². The summed E-state index contributed by atoms with van der Waals surface area (Å²) in [6.45, 7) is 4.16. The van der Waals surface area contributed by atoms with Crippen LogP contribution in [0.2, 0.25) is 0 Å². The van der Waals surface area contributed by atoms with Gasteiger partial charge in [-0.1, -0.05) is 6.08 Å². The van der Waals surface area contributed by atoms with Crippen LogP contribution in [0.3, 0.4) is 0 Å². The zero-order valence-corrected chi connectivity index (χ0v) is 7.61. The maximum atomic E-state index is 8.76. The largest absolute Gasteiger partial charge is 0.392 e. The molecule has 1 rings (SSSR count). The molecular weight excluding hydrogens is 156 g/mol. The predicted molar refractivity (Wildman–Crippen MR) is 49.8 cm³/mol. The summed E-state index contributed by atoms with van der Waals surface area (Å²) in [6, 6.07) is 2.07. The third kappa shape index (κ3) is 2.17. The van der Waals surface area contributed by atoms with Gasteiger partial charge in [-0.3, -0.25) is 0 Å². The standard InChI is InChI=1S/C9H12OS/c1-7(6-10)5-9-3-4-11-8(9)2/h3-5,10H,6H2,1-2H3/b7-5-. The Labute approximate surface area is 71.0 Å². The molecule has 1 N–H and O–H groups in total. The molecular formula is C9H12OS. The molecule has 1 nitrogen and oxygen atoms in total. The molecule has 2 heteroatoms. The lowest BCUT2D eigenvalue weighted by Crippen LogP contribution is -1.82. The molecule has 11 heavy (non-hydrogen) atoms. The molecule has 0 spiro atoms. The second-order valence-electron chi connectivity index (χ2n) is 2.58. The van der Waals surface area contributed by atoms with Crippen LogP contribution < -0.4 is 0 Å². The van der Waals surface area contributed by atoms with Crippen LogP contribution >= 0.6 is 11.3 Å². The average Bonchev–Trinajstić information content (AvgIpc) is 2.37. The van der Waals surface area contributed by atoms with Gasteiger partial charge in [-0.25, -0.2) is 0 Å². The molecule has 0 saturated carbocycles. The molecule has 60 valence electrons. The van der Waals surface area contributed by atoms with Crippen LogP contribution in [0.25, 0.3) is 6.08 Å². The molecule has 0 aliphatic carbocycles. The Hall–Kier alpha value is -0.600. The van der Waals surface area contributed by atoms with Crippen molar-refractivity contribution >= 4 is 17.4 Å². The molecule has 0 aliphatic heterocycles. The van der Waals surface area contributed by atoms with Gasteiger partial charge in [0.1, 0.15) is 0 Å². The molecule has 0 fully saturated rings. The van der Waals surface area contributed by atoms with Crippen molar-refractivity contribution in [2.24, 2.45) is 0 Å². The first-order chi connectivity index (χ1) is 5.24. The van der Waals surface area contributed by atoms with Crippen LogP contribution in [0.1, 0.15) is 17.4 Å². The number of hydrogen-bond acceptors (Lipinski definition) is 2. The van der Waals surface area contributed by atoms with Gasteiger partial charge in [-0.15, -0.1) is 11.3 Å². The fourth-order valence-corrected chi connectivity index (χ4v) is 1.54. The zero-order valence-electron chi connectivity index (χ0n) is 6.79. The second kappa shape index (κ2) is 3.69. The van der Waals surface area contributed by atoms with E-state index in [9.17, 15) is 0 Å². The number of aryl methyl sites for hydroxylation is 1. The van der Waals surface area contributed by atoms with Crippen molar-refractivity contribution in [3.63, 3.8) is 0 Å². The summed E-state index contributed by atoms with van der Waals surface area (Å²) in [7, 11) is 0. The molecule has 1 aromatic heterocycles. The lowest BCUT2D eigenvalue weighted by molar-refractivity contribution is 0.332. The Balaban J connectivity index is 2.86. The third-order valence-electron chi connectivity index (χ3n) is 1.55. The molecule has 1 aromatic rings. The van der Waals surface area contributed by atoms with E-state index in [0.717, 1.165) is 5.57 Å². The van der Waals surface area contributed by atoms with Crippen LogP contribution in [0, 0.1) is 6.92 Å². The highest BCUT2D eigenvalue weighted by Gasteiger charge is 1.95. The van der Waals surface area contributed by atoms with Crippen LogP contribution in [0.15, 0.2) is 17.0 Å². The van der Waals surface area contributed by atoms with E-state index in [1.165, 1.54) is 10.4 Å². The molecule has 0 bridgehead atoms. The lowest BCUT2D eigenvalue weighted by atomic mass is 10.2. The van der Waals surface area contributed by atoms with E-state index in [1.807, 2.05) is 13.0 Å². The number of rotatable bonds is 2. The van der Waals surface area contributed by atoms with Gasteiger partial charge in [0, 0.05) is 4.88 Å². The van der Waals surface area contributed by atoms with Crippen molar-refractivity contribution in [3.8, 4) is 0 Å². The summed E-state index contributed by atoms with van der Waals surface area (Å²) in [5.41, 5.74) is 2.23. The molecule has 0 atom stereocenters. The van der Waals surface area contributed by atoms with Crippen LogP contribution in [-0.4, -0.2) is 11.7 Å². The maximum Gasteiger partial charge on any atom is 0.0642 e. The van der Waals surface area contributed by atoms with Crippen LogP contribution in [-0.2, 0) is 0 Å². The Morgan fingerprint density at radius 1 is 1.73 bits per heavy atom. The summed E-state index contributed by atoms with van der Waals surface area (Å²) in [5.74, 6) is 0. The maximum absolute atomic E-state index is 8.76. The SMILES string of the molecule is C/C(=C/c1ccsc1C)CO. The van der Waals surface area contributed by atoms with E-state index < -0.39 is 0 Å². The first-order valence-electron chi connectivity index (χ1n) is 3.56. The molecule has 0 aromatic carbocycles. The summed E-state index contributed by atoms with van der Waals surface area (Å²) in [4.78, 5) is 1.30. The first kappa shape index (κ1) is 8.50. The van der Waals surface area contributed by atoms with Crippen molar-refractivity contribution in [1.29, 1.82) is 0 Å². The Bertz CT molecular complexity index is 260. The van der Waals surface area contributed by atoms with Crippen molar-refractivity contribution < 1.29 is 5.11 Å². The van der Waals surface area contributed by atoms with Gasteiger partial charge < -0.3 is 5.11 Å². The van der Waals surface area contributed by atoms with Crippen molar-refractivity contribution in [2.75, 3.05) is 6.61 Å². The molecule has 0 saturated heterocycles. The fourth-order valence-electron chi connectivity index (χ4n) is 0.856. The van der Waals surface area contributed by atoms with Gasteiger partial charge in [0.25, 0.3) is 0 Å². The van der Waals surface area contributed by atoms with Crippen LogP contribution in [0.4, 0.5) is 0 Å². The third-order valence-corrected chi connectivity index (χ3v) is 2.41. The molecule has 0 amide bonds. The fraction of sp³-hybridized carbons (Fsp3) is 0.333. The van der Waals surface area contributed by atoms with E-state index in [1.54, 1.807) is 11.3 Å². The van der Waals surface area contributed by atoms with E-state index >= 15 is 0 Å². The highest BCUT2D eigenvalue weighted by Crippen LogP contribution is 2.17. The van der Waals surface area contributed by atoms with Crippen molar-refractivity contribution in [2.45, 2.75) is 13.8 Å². The summed E-state index contributed by atoms with van der Waals surface area (Å²) in [6.07, 6.45) is 2.02. The molecule has 0 radical (unpaired) electrons. The van der Waals surface area contributed by atoms with Gasteiger partial charge in [0.2, 0.25) is 0 Å². The smallest absolute Gasteiger partial charge is 0.0642 e. The van der Waals surface area contributed by atoms with E-state index in [0.29, 0.717) is 0 Å². The highest BCUT2D eigenvalue weighted by molar-refractivity contribution is 7.10. The second-order valence-corrected chi connectivity index (χ2v) is 3.70. The van der Waals surface area contributed by atoms with E-state index in [2.05, 4.69) is 18.4 Å². The minimum atomic E-state index is 0.148. The Morgan fingerprint density at radius 2 is 2.45 bits per heavy atom. The van der Waals surface area contributed by atoms with Crippen LogP contribution in [0.5, 0.6) is 0 Å². The van der Waals surface area contributed by atoms with Crippen molar-refractivity contribution in [1.82, 2.24) is 0 Å². The molecule has 0 aliphatic rings. The quantitative estimate of drug-likeness (QED) is 0.719. The first-order valence-corrected chi connectivity index (χ1v) is 4.44. The summed E-state index contributed by atoms with van der Waals surface area (Å²) < 4.78 is 0. The van der Waals surface area contributed by atoms with Gasteiger partial charge in [-0.2, -0.15) is 0 Å². The number of aliphatic hydroxyl groups is 1. The average molecular weight is 168 g/mol. The molecule has 0 unspecified atom stereocenters. The van der Waals surface area contributed by atoms with Gasteiger partial charge in [-0.05, 0) is 36.4 Å². The topological polar surface area (TPSA) is 20.2 Å². The number of thiophene rings is 1. The van der Waals surface area contributed by atoms with E-state index in [4.69, 9.17) is 5.11 Å². The number of aliphatic hydroxyl groups excluding tert-OH is 1. The minimum Gasteiger partial charge on any atom is -0.392 e. The predicted octanol–water partition coefficient (Wildman–Crippen LogP) is 2.45. The summed E-state index contributed by atoms with van der Waals surface area (Å²) >= 11 is 1.73. The van der Waals surface area contributed by atoms with E-state index in [-0.39, 0.29) is 6.61 Å². The molecule has 1 heterocycles. The number of hydrogen-bond donors (Lipinski definition) is 1. The minimum absolute atomic E-state index is 0.148. The summed E-state index contributed by atoms with van der Waals surface area (Å²) in [5, 5.41) is 10.8. The highest BCUT2D eigenvalue weighted by atomic mass is 32.1. The Morgan fingerprint density at radius 3 is 2.91 bits per heavy atom. The lowest BCUT2D eigenvalue weighted by Gasteiger charge is -1.93. The van der Waals surface area contributed by atoms with Gasteiger partial charge in [0.05, 0.1) is 6.61 Å². The zero-order chi connectivity index (χ0) is 8.27. The van der Waals surface area contributed by atoms with Gasteiger partial charge >= 0.3 is 0 Å². The Kier molecular flexibility index (Phi) is 2.85. The van der Waals surface area contributed by atoms with Gasteiger partial charge in [0.15, 0.2) is 0 Å². The normalized spacial score (nSPS) is 12.1.